The lowest BCUT2D eigenvalue weighted by molar-refractivity contribution is -0.0399. The number of fused-ring (bicyclic) bond motifs is 3. The zero-order chi connectivity index (χ0) is 19.2. The van der Waals surface area contributed by atoms with Crippen molar-refractivity contribution < 1.29 is 0 Å². The molecule has 0 nitrogen and oxygen atoms in total. The van der Waals surface area contributed by atoms with Gasteiger partial charge in [-0.1, -0.05) is 64.5 Å². The Balaban J connectivity index is 1.47. The fourth-order valence-corrected chi connectivity index (χ4v) is 8.41. The quantitative estimate of drug-likeness (QED) is 0.361. The minimum absolute atomic E-state index is 0.287. The van der Waals surface area contributed by atoms with E-state index in [9.17, 15) is 0 Å². The molecule has 0 atom stereocenters. The molecule has 0 saturated heterocycles. The summed E-state index contributed by atoms with van der Waals surface area (Å²) in [6.45, 7) is 0. The van der Waals surface area contributed by atoms with E-state index in [1.807, 2.05) is 0 Å². The van der Waals surface area contributed by atoms with Gasteiger partial charge in [-0.3, -0.25) is 0 Å². The molecule has 3 aromatic carbocycles. The van der Waals surface area contributed by atoms with Crippen LogP contribution >= 0.6 is 15.9 Å². The highest BCUT2D eigenvalue weighted by atomic mass is 79.9. The van der Waals surface area contributed by atoms with Crippen LogP contribution in [0.3, 0.4) is 0 Å². The normalized spacial score (nSPS) is 33.1. The van der Waals surface area contributed by atoms with E-state index in [1.54, 1.807) is 11.1 Å². The van der Waals surface area contributed by atoms with Crippen LogP contribution in [0.4, 0.5) is 0 Å². The van der Waals surface area contributed by atoms with Gasteiger partial charge in [-0.25, -0.2) is 0 Å². The zero-order valence-corrected chi connectivity index (χ0v) is 18.2. The Morgan fingerprint density at radius 1 is 0.621 bits per heavy atom. The van der Waals surface area contributed by atoms with E-state index in [0.717, 1.165) is 28.1 Å². The molecule has 4 saturated carbocycles. The third-order valence-corrected chi connectivity index (χ3v) is 9.21. The molecular weight excluding hydrogens is 416 g/mol. The standard InChI is InChI=1S/C28H25Br/c29-23-5-3-4-19(15-23)20-8-9-27-25(16-20)24-6-1-2-7-26(24)28(27)21-11-17-10-18(13-21)14-22(28)12-17/h1-9,15-18,21-22H,10-14H2. The molecule has 0 aromatic heterocycles. The molecule has 29 heavy (non-hydrogen) atoms. The van der Waals surface area contributed by atoms with Crippen LogP contribution in [0.1, 0.15) is 43.2 Å². The molecule has 5 aliphatic carbocycles. The molecule has 5 aliphatic rings. The Bertz CT molecular complexity index is 1110. The highest BCUT2D eigenvalue weighted by Crippen LogP contribution is 2.69. The van der Waals surface area contributed by atoms with Gasteiger partial charge < -0.3 is 0 Å². The van der Waals surface area contributed by atoms with Gasteiger partial charge in [0.1, 0.15) is 0 Å². The molecule has 8 rings (SSSR count). The van der Waals surface area contributed by atoms with Crippen molar-refractivity contribution in [2.75, 3.05) is 0 Å². The number of hydrogen-bond acceptors (Lipinski definition) is 0. The summed E-state index contributed by atoms with van der Waals surface area (Å²) in [6, 6.07) is 25.5. The third-order valence-electron chi connectivity index (χ3n) is 8.71. The lowest BCUT2D eigenvalue weighted by Crippen LogP contribution is -2.55. The summed E-state index contributed by atoms with van der Waals surface area (Å²) >= 11 is 3.65. The molecule has 1 spiro atoms. The first-order valence-electron chi connectivity index (χ1n) is 11.2. The van der Waals surface area contributed by atoms with Crippen LogP contribution in [-0.2, 0) is 5.41 Å². The molecule has 144 valence electrons. The number of rotatable bonds is 1. The summed E-state index contributed by atoms with van der Waals surface area (Å²) < 4.78 is 1.15. The first-order chi connectivity index (χ1) is 14.2. The van der Waals surface area contributed by atoms with Crippen LogP contribution < -0.4 is 0 Å². The third kappa shape index (κ3) is 2.15. The van der Waals surface area contributed by atoms with Crippen molar-refractivity contribution >= 4 is 15.9 Å². The van der Waals surface area contributed by atoms with Crippen molar-refractivity contribution in [1.82, 2.24) is 0 Å². The Morgan fingerprint density at radius 2 is 1.31 bits per heavy atom. The second-order valence-electron chi connectivity index (χ2n) is 9.99. The van der Waals surface area contributed by atoms with Crippen LogP contribution in [0, 0.1) is 23.7 Å². The molecule has 0 radical (unpaired) electrons. The second kappa shape index (κ2) is 5.85. The van der Waals surface area contributed by atoms with E-state index in [4.69, 9.17) is 0 Å². The molecule has 4 fully saturated rings. The smallest absolute Gasteiger partial charge is 0.0271 e. The molecular formula is C28H25Br. The van der Waals surface area contributed by atoms with Crippen LogP contribution in [0.15, 0.2) is 71.2 Å². The Labute approximate surface area is 181 Å². The summed E-state index contributed by atoms with van der Waals surface area (Å²) in [5.74, 6) is 3.69. The number of halogens is 1. The average molecular weight is 441 g/mol. The van der Waals surface area contributed by atoms with Crippen molar-refractivity contribution in [3.8, 4) is 22.3 Å². The van der Waals surface area contributed by atoms with E-state index in [1.165, 1.54) is 54.4 Å². The van der Waals surface area contributed by atoms with Crippen LogP contribution in [0.2, 0.25) is 0 Å². The van der Waals surface area contributed by atoms with Gasteiger partial charge in [0.05, 0.1) is 0 Å². The molecule has 0 aliphatic heterocycles. The average Bonchev–Trinajstić information content (AvgIpc) is 3.02. The number of benzene rings is 3. The molecule has 0 N–H and O–H groups in total. The maximum atomic E-state index is 3.65. The summed E-state index contributed by atoms with van der Waals surface area (Å²) in [6.07, 6.45) is 7.32. The maximum Gasteiger partial charge on any atom is 0.0271 e. The van der Waals surface area contributed by atoms with Crippen molar-refractivity contribution in [2.24, 2.45) is 23.7 Å². The van der Waals surface area contributed by atoms with Gasteiger partial charge in [-0.15, -0.1) is 0 Å². The minimum atomic E-state index is 0.287. The highest BCUT2D eigenvalue weighted by molar-refractivity contribution is 9.10. The molecule has 1 heteroatoms. The molecule has 3 aromatic rings. The van der Waals surface area contributed by atoms with Gasteiger partial charge in [0.2, 0.25) is 0 Å². The van der Waals surface area contributed by atoms with Gasteiger partial charge in [-0.2, -0.15) is 0 Å². The molecule has 0 amide bonds. The van der Waals surface area contributed by atoms with Crippen LogP contribution in [0.5, 0.6) is 0 Å². The molecule has 4 bridgehead atoms. The monoisotopic (exact) mass is 440 g/mol. The predicted molar refractivity (Wildman–Crippen MR) is 123 cm³/mol. The lowest BCUT2D eigenvalue weighted by Gasteiger charge is -2.61. The fraction of sp³-hybridized carbons (Fsp3) is 0.357. The first-order valence-corrected chi connectivity index (χ1v) is 12.0. The van der Waals surface area contributed by atoms with Crippen molar-refractivity contribution in [3.05, 3.63) is 82.3 Å². The summed E-state index contributed by atoms with van der Waals surface area (Å²) in [5, 5.41) is 0. The summed E-state index contributed by atoms with van der Waals surface area (Å²) in [4.78, 5) is 0. The van der Waals surface area contributed by atoms with E-state index < -0.39 is 0 Å². The van der Waals surface area contributed by atoms with Crippen molar-refractivity contribution in [2.45, 2.75) is 37.5 Å². The fourth-order valence-electron chi connectivity index (χ4n) is 8.01. The second-order valence-corrected chi connectivity index (χ2v) is 10.9. The van der Waals surface area contributed by atoms with E-state index in [2.05, 4.69) is 82.7 Å². The van der Waals surface area contributed by atoms with Crippen molar-refractivity contribution in [1.29, 1.82) is 0 Å². The topological polar surface area (TPSA) is 0 Å². The minimum Gasteiger partial charge on any atom is -0.0619 e. The van der Waals surface area contributed by atoms with Gasteiger partial charge in [0.15, 0.2) is 0 Å². The van der Waals surface area contributed by atoms with Gasteiger partial charge >= 0.3 is 0 Å². The van der Waals surface area contributed by atoms with E-state index in [-0.39, 0.29) is 5.41 Å². The highest BCUT2D eigenvalue weighted by Gasteiger charge is 2.61. The van der Waals surface area contributed by atoms with E-state index >= 15 is 0 Å². The van der Waals surface area contributed by atoms with Gasteiger partial charge in [-0.05, 0) is 107 Å². The first kappa shape index (κ1) is 16.9. The molecule has 0 heterocycles. The van der Waals surface area contributed by atoms with E-state index in [0.29, 0.717) is 0 Å². The summed E-state index contributed by atoms with van der Waals surface area (Å²) in [7, 11) is 0. The molecule has 0 unspecified atom stereocenters. The Kier molecular flexibility index (Phi) is 3.41. The zero-order valence-electron chi connectivity index (χ0n) is 16.6. The van der Waals surface area contributed by atoms with Gasteiger partial charge in [0.25, 0.3) is 0 Å². The summed E-state index contributed by atoms with van der Waals surface area (Å²) in [5.41, 5.74) is 9.22. The number of hydrogen-bond donors (Lipinski definition) is 0. The largest absolute Gasteiger partial charge is 0.0619 e. The lowest BCUT2D eigenvalue weighted by atomic mass is 9.43. The van der Waals surface area contributed by atoms with Crippen LogP contribution in [0.25, 0.3) is 22.3 Å². The van der Waals surface area contributed by atoms with Crippen molar-refractivity contribution in [3.63, 3.8) is 0 Å². The Morgan fingerprint density at radius 3 is 2.07 bits per heavy atom. The Hall–Kier alpha value is -1.86. The van der Waals surface area contributed by atoms with Gasteiger partial charge in [0, 0.05) is 9.89 Å². The predicted octanol–water partition coefficient (Wildman–Crippen LogP) is 7.84. The maximum absolute atomic E-state index is 3.65. The SMILES string of the molecule is Brc1cccc(-c2ccc3c(c2)-c2ccccc2C32C3CC4CC(C3)CC2C4)c1. The van der Waals surface area contributed by atoms with Crippen LogP contribution in [-0.4, -0.2) is 0 Å².